The molecule has 1 N–H and O–H groups in total. The molecule has 2 nitrogen and oxygen atoms in total. The Labute approximate surface area is 82.7 Å². The molecule has 2 heteroatoms. The van der Waals surface area contributed by atoms with E-state index in [2.05, 4.69) is 31.0 Å². The third-order valence-corrected chi connectivity index (χ3v) is 3.09. The van der Waals surface area contributed by atoms with Crippen molar-refractivity contribution in [3.05, 3.63) is 0 Å². The first-order valence-electron chi connectivity index (χ1n) is 5.71. The summed E-state index contributed by atoms with van der Waals surface area (Å²) in [5.74, 6) is 0. The molecular formula is C11H24N2. The van der Waals surface area contributed by atoms with Crippen LogP contribution in [-0.4, -0.2) is 36.6 Å². The summed E-state index contributed by atoms with van der Waals surface area (Å²) < 4.78 is 0. The Kier molecular flexibility index (Phi) is 4.74. The fourth-order valence-electron chi connectivity index (χ4n) is 2.13. The van der Waals surface area contributed by atoms with Gasteiger partial charge in [-0.15, -0.1) is 0 Å². The minimum absolute atomic E-state index is 0.679. The Balaban J connectivity index is 2.10. The highest BCUT2D eigenvalue weighted by molar-refractivity contribution is 4.76. The molecule has 1 aliphatic rings. The van der Waals surface area contributed by atoms with Crippen molar-refractivity contribution in [3.8, 4) is 0 Å². The summed E-state index contributed by atoms with van der Waals surface area (Å²) in [6.45, 7) is 10.5. The summed E-state index contributed by atoms with van der Waals surface area (Å²) >= 11 is 0. The van der Waals surface area contributed by atoms with Crippen LogP contribution < -0.4 is 5.32 Å². The summed E-state index contributed by atoms with van der Waals surface area (Å²) in [7, 11) is 0. The highest BCUT2D eigenvalue weighted by Crippen LogP contribution is 2.16. The molecule has 0 amide bonds. The van der Waals surface area contributed by atoms with Gasteiger partial charge in [-0.25, -0.2) is 0 Å². The van der Waals surface area contributed by atoms with E-state index in [-0.39, 0.29) is 0 Å². The summed E-state index contributed by atoms with van der Waals surface area (Å²) in [5, 5.41) is 3.46. The third kappa shape index (κ3) is 3.65. The maximum Gasteiger partial charge on any atom is 0.00674 e. The predicted molar refractivity (Wildman–Crippen MR) is 58.0 cm³/mol. The molecule has 2 unspecified atom stereocenters. The van der Waals surface area contributed by atoms with E-state index in [1.54, 1.807) is 0 Å². The Bertz CT molecular complexity index is 136. The van der Waals surface area contributed by atoms with Crippen LogP contribution in [-0.2, 0) is 0 Å². The molecule has 0 saturated carbocycles. The SMILES string of the molecule is CCNC(C)CCN1CCCC1C. The number of nitrogens with one attached hydrogen (secondary N) is 1. The van der Waals surface area contributed by atoms with Gasteiger partial charge in [-0.2, -0.15) is 0 Å². The van der Waals surface area contributed by atoms with Gasteiger partial charge in [0.2, 0.25) is 0 Å². The first kappa shape index (κ1) is 11.0. The van der Waals surface area contributed by atoms with E-state index >= 15 is 0 Å². The molecule has 0 radical (unpaired) electrons. The van der Waals surface area contributed by atoms with Crippen LogP contribution in [0.1, 0.15) is 40.0 Å². The van der Waals surface area contributed by atoms with Crippen molar-refractivity contribution in [3.63, 3.8) is 0 Å². The highest BCUT2D eigenvalue weighted by atomic mass is 15.2. The van der Waals surface area contributed by atoms with Gasteiger partial charge in [0.1, 0.15) is 0 Å². The third-order valence-electron chi connectivity index (χ3n) is 3.09. The van der Waals surface area contributed by atoms with Gasteiger partial charge < -0.3 is 10.2 Å². The van der Waals surface area contributed by atoms with E-state index in [9.17, 15) is 0 Å². The van der Waals surface area contributed by atoms with E-state index < -0.39 is 0 Å². The lowest BCUT2D eigenvalue weighted by molar-refractivity contribution is 0.254. The summed E-state index contributed by atoms with van der Waals surface area (Å²) in [5.41, 5.74) is 0. The summed E-state index contributed by atoms with van der Waals surface area (Å²) in [4.78, 5) is 2.62. The number of likely N-dealkylation sites (tertiary alicyclic amines) is 1. The van der Waals surface area contributed by atoms with Crippen molar-refractivity contribution in [2.24, 2.45) is 0 Å². The first-order chi connectivity index (χ1) is 6.24. The molecular weight excluding hydrogens is 160 g/mol. The second-order valence-corrected chi connectivity index (χ2v) is 4.27. The van der Waals surface area contributed by atoms with Gasteiger partial charge in [0.05, 0.1) is 0 Å². The molecule has 0 aromatic rings. The zero-order valence-corrected chi connectivity index (χ0v) is 9.34. The molecule has 0 aromatic carbocycles. The van der Waals surface area contributed by atoms with Gasteiger partial charge in [-0.1, -0.05) is 6.92 Å². The van der Waals surface area contributed by atoms with Crippen LogP contribution in [0.25, 0.3) is 0 Å². The van der Waals surface area contributed by atoms with Crippen molar-refractivity contribution in [1.82, 2.24) is 10.2 Å². The summed E-state index contributed by atoms with van der Waals surface area (Å²) in [6, 6.07) is 1.51. The fourth-order valence-corrected chi connectivity index (χ4v) is 2.13. The molecule has 0 aliphatic carbocycles. The molecule has 1 aliphatic heterocycles. The van der Waals surface area contributed by atoms with Crippen LogP contribution in [0.15, 0.2) is 0 Å². The average Bonchev–Trinajstić information content (AvgIpc) is 2.48. The quantitative estimate of drug-likeness (QED) is 0.701. The number of hydrogen-bond acceptors (Lipinski definition) is 2. The van der Waals surface area contributed by atoms with E-state index in [4.69, 9.17) is 0 Å². The highest BCUT2D eigenvalue weighted by Gasteiger charge is 2.19. The van der Waals surface area contributed by atoms with E-state index in [1.165, 1.54) is 32.4 Å². The van der Waals surface area contributed by atoms with Crippen molar-refractivity contribution in [2.45, 2.75) is 52.1 Å². The Morgan fingerprint density at radius 3 is 2.85 bits per heavy atom. The van der Waals surface area contributed by atoms with Crippen LogP contribution >= 0.6 is 0 Å². The van der Waals surface area contributed by atoms with E-state index in [1.807, 2.05) is 0 Å². The molecule has 2 atom stereocenters. The minimum atomic E-state index is 0.679. The van der Waals surface area contributed by atoms with Gasteiger partial charge in [0, 0.05) is 12.1 Å². The largest absolute Gasteiger partial charge is 0.314 e. The number of rotatable bonds is 5. The van der Waals surface area contributed by atoms with Crippen LogP contribution in [0.5, 0.6) is 0 Å². The topological polar surface area (TPSA) is 15.3 Å². The smallest absolute Gasteiger partial charge is 0.00674 e. The zero-order valence-electron chi connectivity index (χ0n) is 9.34. The predicted octanol–water partition coefficient (Wildman–Crippen LogP) is 1.86. The van der Waals surface area contributed by atoms with Gasteiger partial charge >= 0.3 is 0 Å². The van der Waals surface area contributed by atoms with Crippen LogP contribution in [0.3, 0.4) is 0 Å². The summed E-state index contributed by atoms with van der Waals surface area (Å²) in [6.07, 6.45) is 4.09. The van der Waals surface area contributed by atoms with E-state index in [0.29, 0.717) is 6.04 Å². The zero-order chi connectivity index (χ0) is 9.68. The molecule has 78 valence electrons. The maximum atomic E-state index is 3.46. The lowest BCUT2D eigenvalue weighted by Crippen LogP contribution is -2.33. The molecule has 1 rings (SSSR count). The molecule has 0 aromatic heterocycles. The second-order valence-electron chi connectivity index (χ2n) is 4.27. The Morgan fingerprint density at radius 1 is 1.54 bits per heavy atom. The van der Waals surface area contributed by atoms with Crippen LogP contribution in [0, 0.1) is 0 Å². The monoisotopic (exact) mass is 184 g/mol. The van der Waals surface area contributed by atoms with Crippen molar-refractivity contribution in [2.75, 3.05) is 19.6 Å². The van der Waals surface area contributed by atoms with Gasteiger partial charge in [-0.3, -0.25) is 0 Å². The van der Waals surface area contributed by atoms with E-state index in [0.717, 1.165) is 12.6 Å². The lowest BCUT2D eigenvalue weighted by atomic mass is 10.2. The lowest BCUT2D eigenvalue weighted by Gasteiger charge is -2.23. The fraction of sp³-hybridized carbons (Fsp3) is 1.00. The average molecular weight is 184 g/mol. The van der Waals surface area contributed by atoms with Crippen LogP contribution in [0.4, 0.5) is 0 Å². The molecule has 1 heterocycles. The minimum Gasteiger partial charge on any atom is -0.314 e. The Hall–Kier alpha value is -0.0800. The van der Waals surface area contributed by atoms with Gasteiger partial charge in [0.25, 0.3) is 0 Å². The number of hydrogen-bond donors (Lipinski definition) is 1. The van der Waals surface area contributed by atoms with Gasteiger partial charge in [-0.05, 0) is 52.7 Å². The van der Waals surface area contributed by atoms with Gasteiger partial charge in [0.15, 0.2) is 0 Å². The molecule has 1 saturated heterocycles. The normalized spacial score (nSPS) is 26.5. The van der Waals surface area contributed by atoms with Crippen molar-refractivity contribution < 1.29 is 0 Å². The second kappa shape index (κ2) is 5.61. The van der Waals surface area contributed by atoms with Crippen molar-refractivity contribution in [1.29, 1.82) is 0 Å². The molecule has 13 heavy (non-hydrogen) atoms. The molecule has 0 spiro atoms. The maximum absolute atomic E-state index is 3.46. The molecule has 1 fully saturated rings. The van der Waals surface area contributed by atoms with Crippen molar-refractivity contribution >= 4 is 0 Å². The first-order valence-corrected chi connectivity index (χ1v) is 5.71. The number of nitrogens with zero attached hydrogens (tertiary/aromatic N) is 1. The molecule has 0 bridgehead atoms. The Morgan fingerprint density at radius 2 is 2.31 bits per heavy atom. The van der Waals surface area contributed by atoms with Crippen LogP contribution in [0.2, 0.25) is 0 Å². The standard InChI is InChI=1S/C11H24N2/c1-4-12-10(2)7-9-13-8-5-6-11(13)3/h10-12H,4-9H2,1-3H3.